The largest absolute Gasteiger partial charge is 0.375 e. The summed E-state index contributed by atoms with van der Waals surface area (Å²) in [6, 6.07) is 2.10. The van der Waals surface area contributed by atoms with Gasteiger partial charge in [0.1, 0.15) is 4.21 Å². The molecule has 0 unspecified atom stereocenters. The molecule has 0 radical (unpaired) electrons. The lowest BCUT2D eigenvalue weighted by molar-refractivity contribution is -0.0940. The lowest BCUT2D eigenvalue weighted by Gasteiger charge is -2.46. The third-order valence-electron chi connectivity index (χ3n) is 5.24. The van der Waals surface area contributed by atoms with Crippen molar-refractivity contribution in [3.05, 3.63) is 17.0 Å². The highest BCUT2D eigenvalue weighted by Gasteiger charge is 2.42. The molecule has 4 rings (SSSR count). The molecular formula is C16H24N2O3S2. The van der Waals surface area contributed by atoms with E-state index in [-0.39, 0.29) is 12.1 Å². The van der Waals surface area contributed by atoms with Gasteiger partial charge >= 0.3 is 0 Å². The van der Waals surface area contributed by atoms with E-state index in [0.717, 1.165) is 37.6 Å². The fourth-order valence-electron chi connectivity index (χ4n) is 3.73. The highest BCUT2D eigenvalue weighted by Crippen LogP contribution is 2.34. The van der Waals surface area contributed by atoms with Crippen LogP contribution < -0.4 is 0 Å². The Labute approximate surface area is 142 Å². The first-order valence-electron chi connectivity index (χ1n) is 8.45. The van der Waals surface area contributed by atoms with Crippen molar-refractivity contribution in [1.29, 1.82) is 0 Å². The summed E-state index contributed by atoms with van der Waals surface area (Å²) in [6.45, 7) is 5.83. The summed E-state index contributed by atoms with van der Waals surface area (Å²) in [5.74, 6) is 0.820. The molecule has 0 spiro atoms. The van der Waals surface area contributed by atoms with Crippen LogP contribution in [0.4, 0.5) is 0 Å². The molecule has 1 saturated carbocycles. The number of sulfonamides is 1. The predicted octanol–water partition coefficient (Wildman–Crippen LogP) is 1.93. The fourth-order valence-corrected chi connectivity index (χ4v) is 6.75. The molecule has 128 valence electrons. The van der Waals surface area contributed by atoms with Crippen molar-refractivity contribution in [2.45, 2.75) is 42.5 Å². The Hall–Kier alpha value is -0.470. The second-order valence-electron chi connectivity index (χ2n) is 6.96. The maximum Gasteiger partial charge on any atom is 0.252 e. The Morgan fingerprint density at radius 1 is 1.30 bits per heavy atom. The molecule has 3 aliphatic rings. The van der Waals surface area contributed by atoms with E-state index in [4.69, 9.17) is 4.74 Å². The van der Waals surface area contributed by atoms with Crippen molar-refractivity contribution in [2.75, 3.05) is 32.8 Å². The average molecular weight is 357 g/mol. The van der Waals surface area contributed by atoms with Crippen molar-refractivity contribution >= 4 is 21.4 Å². The number of hydrogen-bond acceptors (Lipinski definition) is 5. The van der Waals surface area contributed by atoms with Crippen LogP contribution in [0, 0.1) is 12.8 Å². The lowest BCUT2D eigenvalue weighted by atomic mass is 10.00. The summed E-state index contributed by atoms with van der Waals surface area (Å²) in [5, 5.41) is 1.86. The number of aryl methyl sites for hydroxylation is 1. The highest BCUT2D eigenvalue weighted by atomic mass is 32.2. The average Bonchev–Trinajstić information content (AvgIpc) is 3.25. The van der Waals surface area contributed by atoms with E-state index in [9.17, 15) is 8.42 Å². The van der Waals surface area contributed by atoms with Gasteiger partial charge in [-0.1, -0.05) is 0 Å². The van der Waals surface area contributed by atoms with Crippen molar-refractivity contribution in [3.63, 3.8) is 0 Å². The third kappa shape index (κ3) is 3.09. The number of thiophene rings is 1. The molecule has 2 atom stereocenters. The van der Waals surface area contributed by atoms with E-state index >= 15 is 0 Å². The number of piperidine rings is 1. The summed E-state index contributed by atoms with van der Waals surface area (Å²) in [7, 11) is -3.37. The Balaban J connectivity index is 1.54. The monoisotopic (exact) mass is 356 g/mol. The lowest BCUT2D eigenvalue weighted by Crippen LogP contribution is -2.61. The topological polar surface area (TPSA) is 49.9 Å². The van der Waals surface area contributed by atoms with Crippen LogP contribution in [0.2, 0.25) is 0 Å². The highest BCUT2D eigenvalue weighted by molar-refractivity contribution is 7.91. The van der Waals surface area contributed by atoms with Crippen LogP contribution in [-0.2, 0) is 14.8 Å². The SMILES string of the molecule is Cc1ccsc1S(=O)(=O)N1CC[C@@H]2OCCN(CC3CC3)[C@H]2C1. The van der Waals surface area contributed by atoms with Crippen LogP contribution in [0.1, 0.15) is 24.8 Å². The molecule has 7 heteroatoms. The van der Waals surface area contributed by atoms with Gasteiger partial charge in [0, 0.05) is 32.2 Å². The van der Waals surface area contributed by atoms with Crippen LogP contribution in [-0.4, -0.2) is 62.6 Å². The molecule has 2 saturated heterocycles. The molecular weight excluding hydrogens is 332 g/mol. The molecule has 0 bridgehead atoms. The van der Waals surface area contributed by atoms with E-state index in [1.54, 1.807) is 4.31 Å². The number of hydrogen-bond donors (Lipinski definition) is 0. The Morgan fingerprint density at radius 3 is 2.83 bits per heavy atom. The molecule has 23 heavy (non-hydrogen) atoms. The van der Waals surface area contributed by atoms with E-state index < -0.39 is 10.0 Å². The molecule has 5 nitrogen and oxygen atoms in total. The first kappa shape index (κ1) is 16.0. The number of ether oxygens (including phenoxy) is 1. The van der Waals surface area contributed by atoms with E-state index in [1.807, 2.05) is 18.4 Å². The van der Waals surface area contributed by atoms with Gasteiger partial charge in [0.2, 0.25) is 0 Å². The summed E-state index contributed by atoms with van der Waals surface area (Å²) in [4.78, 5) is 2.48. The van der Waals surface area contributed by atoms with Gasteiger partial charge < -0.3 is 4.74 Å². The van der Waals surface area contributed by atoms with Gasteiger partial charge in [-0.25, -0.2) is 8.42 Å². The molecule has 1 aliphatic carbocycles. The van der Waals surface area contributed by atoms with Crippen molar-refractivity contribution in [2.24, 2.45) is 5.92 Å². The number of morpholine rings is 1. The Morgan fingerprint density at radius 2 is 2.13 bits per heavy atom. The van der Waals surface area contributed by atoms with Gasteiger partial charge in [0.25, 0.3) is 10.0 Å². The second-order valence-corrected chi connectivity index (χ2v) is 10.0. The summed E-state index contributed by atoms with van der Waals surface area (Å²) < 4.78 is 34.0. The quantitative estimate of drug-likeness (QED) is 0.827. The van der Waals surface area contributed by atoms with E-state index in [0.29, 0.717) is 17.3 Å². The maximum absolute atomic E-state index is 13.0. The van der Waals surface area contributed by atoms with Crippen molar-refractivity contribution in [3.8, 4) is 0 Å². The smallest absolute Gasteiger partial charge is 0.252 e. The number of nitrogens with zero attached hydrogens (tertiary/aromatic N) is 2. The van der Waals surface area contributed by atoms with Gasteiger partial charge in [-0.3, -0.25) is 4.90 Å². The third-order valence-corrected chi connectivity index (χ3v) is 8.77. The Bertz CT molecular complexity index is 669. The molecule has 1 aromatic rings. The van der Waals surface area contributed by atoms with Crippen molar-refractivity contribution in [1.82, 2.24) is 9.21 Å². The first-order valence-corrected chi connectivity index (χ1v) is 10.8. The van der Waals surface area contributed by atoms with Gasteiger partial charge in [0.05, 0.1) is 12.7 Å². The minimum absolute atomic E-state index is 0.193. The molecule has 3 fully saturated rings. The molecule has 2 aliphatic heterocycles. The fraction of sp³-hybridized carbons (Fsp3) is 0.750. The maximum atomic E-state index is 13.0. The minimum Gasteiger partial charge on any atom is -0.375 e. The summed E-state index contributed by atoms with van der Waals surface area (Å²) in [6.07, 6.45) is 3.64. The van der Waals surface area contributed by atoms with E-state index in [2.05, 4.69) is 4.90 Å². The van der Waals surface area contributed by atoms with Crippen molar-refractivity contribution < 1.29 is 13.2 Å². The zero-order chi connectivity index (χ0) is 16.0. The van der Waals surface area contributed by atoms with Gasteiger partial charge in [0.15, 0.2) is 0 Å². The zero-order valence-corrected chi connectivity index (χ0v) is 15.1. The molecule has 0 N–H and O–H groups in total. The van der Waals surface area contributed by atoms with Gasteiger partial charge in [-0.15, -0.1) is 11.3 Å². The van der Waals surface area contributed by atoms with E-state index in [1.165, 1.54) is 24.2 Å². The molecule has 1 aromatic heterocycles. The zero-order valence-electron chi connectivity index (χ0n) is 13.5. The Kier molecular flexibility index (Phi) is 4.26. The summed E-state index contributed by atoms with van der Waals surface area (Å²) in [5.41, 5.74) is 0.854. The van der Waals surface area contributed by atoms with Crippen LogP contribution >= 0.6 is 11.3 Å². The first-order chi connectivity index (χ1) is 11.1. The van der Waals surface area contributed by atoms with Crippen LogP contribution in [0.25, 0.3) is 0 Å². The normalized spacial score (nSPS) is 30.3. The summed E-state index contributed by atoms with van der Waals surface area (Å²) >= 11 is 1.33. The van der Waals surface area contributed by atoms with Gasteiger partial charge in [-0.2, -0.15) is 4.31 Å². The van der Waals surface area contributed by atoms with Gasteiger partial charge in [-0.05, 0) is 49.1 Å². The second kappa shape index (κ2) is 6.11. The molecule has 3 heterocycles. The number of rotatable bonds is 4. The van der Waals surface area contributed by atoms with Crippen LogP contribution in [0.3, 0.4) is 0 Å². The molecule has 0 aromatic carbocycles. The minimum atomic E-state index is -3.37. The van der Waals surface area contributed by atoms with Crippen LogP contribution in [0.5, 0.6) is 0 Å². The van der Waals surface area contributed by atoms with Crippen LogP contribution in [0.15, 0.2) is 15.7 Å². The standard InChI is InChI=1S/C16H24N2O3S2/c1-12-5-9-22-16(12)23(19,20)18-6-4-15-14(11-18)17(7-8-21-15)10-13-2-3-13/h5,9,13-15H,2-4,6-8,10-11H2,1H3/t14-,15-/m0/s1. The molecule has 0 amide bonds. The predicted molar refractivity (Wildman–Crippen MR) is 90.3 cm³/mol. The number of fused-ring (bicyclic) bond motifs is 1.